The van der Waals surface area contributed by atoms with Gasteiger partial charge >= 0.3 is 0 Å². The Hall–Kier alpha value is 0.0700. The predicted octanol–water partition coefficient (Wildman–Crippen LogP) is 2.35. The van der Waals surface area contributed by atoms with Crippen molar-refractivity contribution in [3.05, 3.63) is 0 Å². The zero-order valence-electron chi connectivity index (χ0n) is 11.7. The van der Waals surface area contributed by atoms with Crippen molar-refractivity contribution >= 4 is 10.8 Å². The highest BCUT2D eigenvalue weighted by molar-refractivity contribution is 7.85. The molecule has 1 heterocycles. The fraction of sp³-hybridized carbons (Fsp3) is 1.00. The zero-order valence-corrected chi connectivity index (χ0v) is 12.6. The van der Waals surface area contributed by atoms with Crippen LogP contribution in [-0.2, 0) is 15.5 Å². The summed E-state index contributed by atoms with van der Waals surface area (Å²) in [6.07, 6.45) is 8.09. The number of rotatable bonds is 3. The standard InChI is InChI=1S/C14H27NO2S/c1-13(2,15)11-18(16)12-6-9-17-14(10-12)7-4-3-5-8-14/h12H,3-11,15H2,1-2H3. The number of ether oxygens (including phenoxy) is 1. The van der Waals surface area contributed by atoms with E-state index < -0.39 is 10.8 Å². The summed E-state index contributed by atoms with van der Waals surface area (Å²) < 4.78 is 18.5. The predicted molar refractivity (Wildman–Crippen MR) is 76.1 cm³/mol. The molecule has 1 aliphatic heterocycles. The summed E-state index contributed by atoms with van der Waals surface area (Å²) in [5.41, 5.74) is 5.71. The van der Waals surface area contributed by atoms with Crippen molar-refractivity contribution in [3.8, 4) is 0 Å². The van der Waals surface area contributed by atoms with Crippen LogP contribution in [0.1, 0.15) is 58.8 Å². The molecule has 3 nitrogen and oxygen atoms in total. The van der Waals surface area contributed by atoms with Crippen LogP contribution < -0.4 is 5.73 Å². The van der Waals surface area contributed by atoms with Crippen molar-refractivity contribution in [2.24, 2.45) is 5.73 Å². The molecule has 0 bridgehead atoms. The van der Waals surface area contributed by atoms with Gasteiger partial charge in [-0.1, -0.05) is 19.3 Å². The molecule has 0 aromatic rings. The lowest BCUT2D eigenvalue weighted by atomic mass is 9.80. The first-order valence-electron chi connectivity index (χ1n) is 7.20. The second-order valence-electron chi connectivity index (χ2n) is 6.72. The average molecular weight is 273 g/mol. The molecule has 1 saturated carbocycles. The summed E-state index contributed by atoms with van der Waals surface area (Å²) in [6, 6.07) is 0. The SMILES string of the molecule is CC(C)(N)CS(=O)C1CCOC2(CCCCC2)C1. The lowest BCUT2D eigenvalue weighted by Gasteiger charge is -2.43. The Bertz CT molecular complexity index is 300. The number of hydrogen-bond donors (Lipinski definition) is 1. The van der Waals surface area contributed by atoms with E-state index in [1.165, 1.54) is 19.3 Å². The second kappa shape index (κ2) is 5.59. The molecule has 0 aromatic heterocycles. The Morgan fingerprint density at radius 3 is 2.61 bits per heavy atom. The maximum absolute atomic E-state index is 12.4. The van der Waals surface area contributed by atoms with E-state index in [1.807, 2.05) is 13.8 Å². The summed E-state index contributed by atoms with van der Waals surface area (Å²) in [7, 11) is -0.809. The molecule has 0 radical (unpaired) electrons. The maximum atomic E-state index is 12.4. The van der Waals surface area contributed by atoms with E-state index >= 15 is 0 Å². The molecule has 2 aliphatic rings. The van der Waals surface area contributed by atoms with Crippen molar-refractivity contribution < 1.29 is 8.95 Å². The van der Waals surface area contributed by atoms with Crippen LogP contribution >= 0.6 is 0 Å². The Labute approximate surface area is 113 Å². The van der Waals surface area contributed by atoms with Crippen LogP contribution in [-0.4, -0.2) is 33.0 Å². The van der Waals surface area contributed by atoms with Crippen LogP contribution in [0.15, 0.2) is 0 Å². The molecule has 18 heavy (non-hydrogen) atoms. The second-order valence-corrected chi connectivity index (χ2v) is 8.44. The quantitative estimate of drug-likeness (QED) is 0.859. The minimum absolute atomic E-state index is 0.0512. The Morgan fingerprint density at radius 2 is 2.00 bits per heavy atom. The summed E-state index contributed by atoms with van der Waals surface area (Å²) in [6.45, 7) is 4.70. The Morgan fingerprint density at radius 1 is 1.33 bits per heavy atom. The molecule has 1 saturated heterocycles. The summed E-state index contributed by atoms with van der Waals surface area (Å²) in [4.78, 5) is 0. The monoisotopic (exact) mass is 273 g/mol. The highest BCUT2D eigenvalue weighted by atomic mass is 32.2. The molecule has 2 N–H and O–H groups in total. The summed E-state index contributed by atoms with van der Waals surface area (Å²) in [5, 5.41) is 0.291. The number of hydrogen-bond acceptors (Lipinski definition) is 3. The van der Waals surface area contributed by atoms with Gasteiger partial charge in [-0.15, -0.1) is 0 Å². The molecule has 2 fully saturated rings. The molecule has 2 atom stereocenters. The van der Waals surface area contributed by atoms with Gasteiger partial charge in [0.2, 0.25) is 0 Å². The average Bonchev–Trinajstić information content (AvgIpc) is 2.28. The van der Waals surface area contributed by atoms with E-state index in [0.29, 0.717) is 11.0 Å². The Kier molecular flexibility index (Phi) is 4.50. The van der Waals surface area contributed by atoms with Gasteiger partial charge in [0.25, 0.3) is 0 Å². The zero-order chi connectivity index (χ0) is 13.2. The Balaban J connectivity index is 1.95. The van der Waals surface area contributed by atoms with Gasteiger partial charge in [0.1, 0.15) is 0 Å². The van der Waals surface area contributed by atoms with Crippen LogP contribution in [0.5, 0.6) is 0 Å². The highest BCUT2D eigenvalue weighted by Gasteiger charge is 2.40. The van der Waals surface area contributed by atoms with Crippen molar-refractivity contribution in [3.63, 3.8) is 0 Å². The van der Waals surface area contributed by atoms with Crippen molar-refractivity contribution in [1.82, 2.24) is 0 Å². The van der Waals surface area contributed by atoms with Crippen LogP contribution in [0.25, 0.3) is 0 Å². The van der Waals surface area contributed by atoms with Crippen LogP contribution in [0.2, 0.25) is 0 Å². The van der Waals surface area contributed by atoms with Crippen molar-refractivity contribution in [2.75, 3.05) is 12.4 Å². The fourth-order valence-corrected chi connectivity index (χ4v) is 5.05. The van der Waals surface area contributed by atoms with Gasteiger partial charge in [-0.3, -0.25) is 4.21 Å². The molecular formula is C14H27NO2S. The van der Waals surface area contributed by atoms with Crippen LogP contribution in [0.4, 0.5) is 0 Å². The van der Waals surface area contributed by atoms with Crippen molar-refractivity contribution in [2.45, 2.75) is 75.2 Å². The lowest BCUT2D eigenvalue weighted by Crippen LogP contribution is -2.47. The van der Waals surface area contributed by atoms with E-state index in [9.17, 15) is 4.21 Å². The molecule has 0 amide bonds. The molecule has 1 aliphatic carbocycles. The lowest BCUT2D eigenvalue weighted by molar-refractivity contribution is -0.0975. The smallest absolute Gasteiger partial charge is 0.0694 e. The van der Waals surface area contributed by atoms with Crippen LogP contribution in [0, 0.1) is 0 Å². The van der Waals surface area contributed by atoms with Gasteiger partial charge in [-0.05, 0) is 39.5 Å². The first-order chi connectivity index (χ1) is 8.40. The topological polar surface area (TPSA) is 52.3 Å². The molecule has 106 valence electrons. The first-order valence-corrected chi connectivity index (χ1v) is 8.59. The van der Waals surface area contributed by atoms with Gasteiger partial charge in [0.05, 0.1) is 5.60 Å². The highest BCUT2D eigenvalue weighted by Crippen LogP contribution is 2.39. The third-order valence-electron chi connectivity index (χ3n) is 4.10. The van der Waals surface area contributed by atoms with Gasteiger partial charge in [-0.2, -0.15) is 0 Å². The largest absolute Gasteiger partial charge is 0.375 e. The molecule has 2 unspecified atom stereocenters. The van der Waals surface area contributed by atoms with Gasteiger partial charge in [0.15, 0.2) is 0 Å². The first kappa shape index (κ1) is 14.5. The van der Waals surface area contributed by atoms with Crippen LogP contribution in [0.3, 0.4) is 0 Å². The minimum Gasteiger partial charge on any atom is -0.375 e. The number of nitrogens with two attached hydrogens (primary N) is 1. The molecule has 1 spiro atoms. The minimum atomic E-state index is -0.809. The molecule has 4 heteroatoms. The third kappa shape index (κ3) is 3.78. The molecule has 2 rings (SSSR count). The van der Waals surface area contributed by atoms with Gasteiger partial charge < -0.3 is 10.5 Å². The third-order valence-corrected chi connectivity index (χ3v) is 6.27. The van der Waals surface area contributed by atoms with E-state index in [-0.39, 0.29) is 11.1 Å². The van der Waals surface area contributed by atoms with Gasteiger partial charge in [-0.25, -0.2) is 0 Å². The fourth-order valence-electron chi connectivity index (χ4n) is 3.24. The van der Waals surface area contributed by atoms with Crippen molar-refractivity contribution in [1.29, 1.82) is 0 Å². The summed E-state index contributed by atoms with van der Waals surface area (Å²) in [5.74, 6) is 0.605. The normalized spacial score (nSPS) is 30.3. The molecule has 0 aromatic carbocycles. The van der Waals surface area contributed by atoms with E-state index in [4.69, 9.17) is 10.5 Å². The molecular weight excluding hydrogens is 246 g/mol. The van der Waals surface area contributed by atoms with E-state index in [1.54, 1.807) is 0 Å². The van der Waals surface area contributed by atoms with E-state index in [0.717, 1.165) is 32.3 Å². The van der Waals surface area contributed by atoms with Gasteiger partial charge in [0, 0.05) is 33.9 Å². The summed E-state index contributed by atoms with van der Waals surface area (Å²) >= 11 is 0. The maximum Gasteiger partial charge on any atom is 0.0694 e. The van der Waals surface area contributed by atoms with E-state index in [2.05, 4.69) is 0 Å².